The predicted octanol–water partition coefficient (Wildman–Crippen LogP) is 4.11. The van der Waals surface area contributed by atoms with Gasteiger partial charge in [-0.05, 0) is 42.7 Å². The maximum atomic E-state index is 11.0. The van der Waals surface area contributed by atoms with Crippen LogP contribution in [0.15, 0.2) is 60.7 Å². The smallest absolute Gasteiger partial charge is 0.343 e. The van der Waals surface area contributed by atoms with Gasteiger partial charge in [-0.2, -0.15) is 0 Å². The van der Waals surface area contributed by atoms with E-state index in [0.717, 1.165) is 24.2 Å². The van der Waals surface area contributed by atoms with E-state index in [1.807, 2.05) is 54.6 Å². The van der Waals surface area contributed by atoms with Crippen molar-refractivity contribution in [2.24, 2.45) is 0 Å². The molecule has 0 aromatic heterocycles. The van der Waals surface area contributed by atoms with Crippen molar-refractivity contribution < 1.29 is 19.0 Å². The third-order valence-electron chi connectivity index (χ3n) is 3.30. The molecule has 0 bridgehead atoms. The standard InChI is InChI=1S/C20H22O4/c1-22-20(21)16-24-19-13-11-17(12-14-19)8-4-3-7-15-23-18-9-5-2-6-10-18/h2,4-6,8-14H,3,7,15-16H2,1H3. The molecule has 0 fully saturated rings. The quantitative estimate of drug-likeness (QED) is 0.514. The number of ether oxygens (including phenoxy) is 3. The minimum absolute atomic E-state index is 0.0763. The van der Waals surface area contributed by atoms with Gasteiger partial charge in [-0.1, -0.05) is 42.5 Å². The molecule has 24 heavy (non-hydrogen) atoms. The molecular formula is C20H22O4. The van der Waals surface area contributed by atoms with Crippen molar-refractivity contribution in [3.05, 3.63) is 66.2 Å². The lowest BCUT2D eigenvalue weighted by molar-refractivity contribution is -0.142. The molecule has 4 heteroatoms. The van der Waals surface area contributed by atoms with Crippen LogP contribution in [-0.2, 0) is 9.53 Å². The monoisotopic (exact) mass is 326 g/mol. The van der Waals surface area contributed by atoms with Crippen LogP contribution in [0.2, 0.25) is 0 Å². The van der Waals surface area contributed by atoms with E-state index < -0.39 is 5.97 Å². The first kappa shape index (κ1) is 17.6. The molecule has 0 saturated heterocycles. The Morgan fingerprint density at radius 3 is 2.38 bits per heavy atom. The molecule has 2 aromatic carbocycles. The van der Waals surface area contributed by atoms with Crippen LogP contribution in [0.4, 0.5) is 0 Å². The lowest BCUT2D eigenvalue weighted by atomic mass is 10.2. The van der Waals surface area contributed by atoms with Crippen LogP contribution >= 0.6 is 0 Å². The molecule has 2 rings (SSSR count). The van der Waals surface area contributed by atoms with Gasteiger partial charge in [-0.25, -0.2) is 4.79 Å². The van der Waals surface area contributed by atoms with Crippen molar-refractivity contribution in [1.29, 1.82) is 0 Å². The van der Waals surface area contributed by atoms with Crippen LogP contribution < -0.4 is 9.47 Å². The zero-order valence-electron chi connectivity index (χ0n) is 13.8. The zero-order chi connectivity index (χ0) is 17.0. The van der Waals surface area contributed by atoms with E-state index in [2.05, 4.69) is 16.9 Å². The van der Waals surface area contributed by atoms with E-state index >= 15 is 0 Å². The van der Waals surface area contributed by atoms with Crippen molar-refractivity contribution in [2.75, 3.05) is 20.3 Å². The molecule has 0 unspecified atom stereocenters. The molecule has 2 aromatic rings. The molecule has 4 nitrogen and oxygen atoms in total. The minimum atomic E-state index is -0.392. The highest BCUT2D eigenvalue weighted by atomic mass is 16.6. The van der Waals surface area contributed by atoms with Gasteiger partial charge in [0.2, 0.25) is 0 Å². The SMILES string of the molecule is COC(=O)COc1ccc(C=CCCCOc2ccccc2)cc1. The second-order valence-corrected chi connectivity index (χ2v) is 5.14. The van der Waals surface area contributed by atoms with Crippen LogP contribution in [0.25, 0.3) is 6.08 Å². The molecule has 0 aliphatic rings. The fourth-order valence-electron chi connectivity index (χ4n) is 2.00. The predicted molar refractivity (Wildman–Crippen MR) is 94.2 cm³/mol. The summed E-state index contributed by atoms with van der Waals surface area (Å²) in [7, 11) is 1.34. The summed E-state index contributed by atoms with van der Waals surface area (Å²) in [4.78, 5) is 11.0. The van der Waals surface area contributed by atoms with Gasteiger partial charge in [0.25, 0.3) is 0 Å². The number of benzene rings is 2. The second kappa shape index (κ2) is 10.1. The first-order valence-electron chi connectivity index (χ1n) is 7.92. The van der Waals surface area contributed by atoms with Crippen molar-refractivity contribution in [3.63, 3.8) is 0 Å². The third kappa shape index (κ3) is 6.57. The Morgan fingerprint density at radius 2 is 1.67 bits per heavy atom. The number of methoxy groups -OCH3 is 1. The number of allylic oxidation sites excluding steroid dienone is 1. The summed E-state index contributed by atoms with van der Waals surface area (Å²) in [5, 5.41) is 0. The molecule has 0 aliphatic carbocycles. The Kier molecular flexibility index (Phi) is 7.41. The Bertz CT molecular complexity index is 632. The fourth-order valence-corrected chi connectivity index (χ4v) is 2.00. The second-order valence-electron chi connectivity index (χ2n) is 5.14. The highest BCUT2D eigenvalue weighted by Gasteiger charge is 2.00. The summed E-state index contributed by atoms with van der Waals surface area (Å²) < 4.78 is 15.5. The van der Waals surface area contributed by atoms with E-state index in [9.17, 15) is 4.79 Å². The van der Waals surface area contributed by atoms with Gasteiger partial charge < -0.3 is 14.2 Å². The zero-order valence-corrected chi connectivity index (χ0v) is 13.8. The first-order valence-corrected chi connectivity index (χ1v) is 7.92. The lowest BCUT2D eigenvalue weighted by Gasteiger charge is -2.05. The lowest BCUT2D eigenvalue weighted by Crippen LogP contribution is -2.12. The first-order chi connectivity index (χ1) is 11.8. The van der Waals surface area contributed by atoms with Crippen molar-refractivity contribution in [2.45, 2.75) is 12.8 Å². The highest BCUT2D eigenvalue weighted by Crippen LogP contribution is 2.14. The number of para-hydroxylation sites is 1. The summed E-state index contributed by atoms with van der Waals surface area (Å²) in [6.45, 7) is 0.627. The molecule has 0 spiro atoms. The molecule has 0 atom stereocenters. The van der Waals surface area contributed by atoms with Gasteiger partial charge in [0, 0.05) is 0 Å². The molecule has 0 heterocycles. The van der Waals surface area contributed by atoms with Crippen LogP contribution in [0.1, 0.15) is 18.4 Å². The molecular weight excluding hydrogens is 304 g/mol. The normalized spacial score (nSPS) is 10.5. The van der Waals surface area contributed by atoms with Crippen molar-refractivity contribution >= 4 is 12.0 Å². The third-order valence-corrected chi connectivity index (χ3v) is 3.30. The largest absolute Gasteiger partial charge is 0.494 e. The number of unbranched alkanes of at least 4 members (excludes halogenated alkanes) is 1. The summed E-state index contributed by atoms with van der Waals surface area (Å²) in [5.41, 5.74) is 1.09. The summed E-state index contributed by atoms with van der Waals surface area (Å²) >= 11 is 0. The van der Waals surface area contributed by atoms with Crippen LogP contribution in [0.5, 0.6) is 11.5 Å². The topological polar surface area (TPSA) is 44.8 Å². The van der Waals surface area contributed by atoms with Gasteiger partial charge in [-0.3, -0.25) is 0 Å². The van der Waals surface area contributed by atoms with Gasteiger partial charge in [0.05, 0.1) is 13.7 Å². The summed E-state index contributed by atoms with van der Waals surface area (Å²) in [6.07, 6.45) is 6.10. The number of carbonyl (C=O) groups is 1. The Hall–Kier alpha value is -2.75. The van der Waals surface area contributed by atoms with E-state index in [1.165, 1.54) is 7.11 Å². The van der Waals surface area contributed by atoms with Gasteiger partial charge >= 0.3 is 5.97 Å². The fraction of sp³-hybridized carbons (Fsp3) is 0.250. The molecule has 0 amide bonds. The number of hydrogen-bond acceptors (Lipinski definition) is 4. The van der Waals surface area contributed by atoms with Crippen LogP contribution in [0.3, 0.4) is 0 Å². The van der Waals surface area contributed by atoms with Gasteiger partial charge in [-0.15, -0.1) is 0 Å². The van der Waals surface area contributed by atoms with Crippen LogP contribution in [0, 0.1) is 0 Å². The number of hydrogen-bond donors (Lipinski definition) is 0. The van der Waals surface area contributed by atoms with Gasteiger partial charge in [0.15, 0.2) is 6.61 Å². The highest BCUT2D eigenvalue weighted by molar-refractivity contribution is 5.70. The number of rotatable bonds is 9. The molecule has 0 radical (unpaired) electrons. The van der Waals surface area contributed by atoms with E-state index in [-0.39, 0.29) is 6.61 Å². The van der Waals surface area contributed by atoms with Crippen molar-refractivity contribution in [1.82, 2.24) is 0 Å². The van der Waals surface area contributed by atoms with Gasteiger partial charge in [0.1, 0.15) is 11.5 Å². The maximum absolute atomic E-state index is 11.0. The molecule has 0 N–H and O–H groups in total. The Morgan fingerprint density at radius 1 is 0.958 bits per heavy atom. The minimum Gasteiger partial charge on any atom is -0.494 e. The summed E-state index contributed by atoms with van der Waals surface area (Å²) in [6, 6.07) is 17.4. The molecule has 0 aliphatic heterocycles. The maximum Gasteiger partial charge on any atom is 0.343 e. The Balaban J connectivity index is 1.65. The van der Waals surface area contributed by atoms with Crippen LogP contribution in [-0.4, -0.2) is 26.3 Å². The summed E-state index contributed by atoms with van der Waals surface area (Å²) in [5.74, 6) is 1.16. The average Bonchev–Trinajstić information content (AvgIpc) is 2.64. The van der Waals surface area contributed by atoms with Crippen molar-refractivity contribution in [3.8, 4) is 11.5 Å². The van der Waals surface area contributed by atoms with E-state index in [0.29, 0.717) is 12.4 Å². The molecule has 126 valence electrons. The Labute approximate surface area is 142 Å². The molecule has 0 saturated carbocycles. The van der Waals surface area contributed by atoms with E-state index in [1.54, 1.807) is 0 Å². The average molecular weight is 326 g/mol. The van der Waals surface area contributed by atoms with E-state index in [4.69, 9.17) is 9.47 Å². The number of carbonyl (C=O) groups excluding carboxylic acids is 1. The number of esters is 1.